The van der Waals surface area contributed by atoms with E-state index in [-0.39, 0.29) is 9.96 Å². The highest BCUT2D eigenvalue weighted by Gasteiger charge is 2.17. The lowest BCUT2D eigenvalue weighted by atomic mass is 10.3. The number of benzene rings is 1. The molecule has 0 radical (unpaired) electrons. The molecule has 2 rings (SSSR count). The van der Waals surface area contributed by atoms with Crippen LogP contribution in [0.1, 0.15) is 0 Å². The second kappa shape index (κ2) is 7.05. The van der Waals surface area contributed by atoms with Crippen LogP contribution < -0.4 is 15.0 Å². The summed E-state index contributed by atoms with van der Waals surface area (Å²) in [7, 11) is -3.90. The molecule has 2 N–H and O–H groups in total. The third-order valence-corrected chi connectivity index (χ3v) is 5.30. The van der Waals surface area contributed by atoms with E-state index in [1.807, 2.05) is 10.3 Å². The summed E-state index contributed by atoms with van der Waals surface area (Å²) >= 11 is 6.49. The minimum absolute atomic E-state index is 0.0483. The van der Waals surface area contributed by atoms with E-state index in [2.05, 4.69) is 0 Å². The van der Waals surface area contributed by atoms with Crippen LogP contribution >= 0.6 is 22.9 Å². The Morgan fingerprint density at radius 3 is 2.64 bits per heavy atom. The smallest absolute Gasteiger partial charge is 0.272 e. The molecule has 0 unspecified atom stereocenters. The highest BCUT2D eigenvalue weighted by Crippen LogP contribution is 2.24. The predicted molar refractivity (Wildman–Crippen MR) is 79.7 cm³/mol. The molecule has 0 aliphatic rings. The van der Waals surface area contributed by atoms with Crippen LogP contribution in [0, 0.1) is 5.82 Å². The van der Waals surface area contributed by atoms with Crippen molar-refractivity contribution in [3.8, 4) is 5.75 Å². The predicted octanol–water partition coefficient (Wildman–Crippen LogP) is 1.93. The van der Waals surface area contributed by atoms with Crippen molar-refractivity contribution in [3.05, 3.63) is 46.6 Å². The van der Waals surface area contributed by atoms with Crippen molar-refractivity contribution in [2.24, 2.45) is 0 Å². The highest BCUT2D eigenvalue weighted by molar-refractivity contribution is 7.91. The Kier molecular flexibility index (Phi) is 5.35. The van der Waals surface area contributed by atoms with Crippen LogP contribution in [0.4, 0.5) is 4.39 Å². The largest absolute Gasteiger partial charge is 0.481 e. The average molecular weight is 365 g/mol. The summed E-state index contributed by atoms with van der Waals surface area (Å²) in [6.45, 7) is -0.547. The van der Waals surface area contributed by atoms with Gasteiger partial charge in [-0.1, -0.05) is 23.7 Å². The zero-order valence-corrected chi connectivity index (χ0v) is 13.3. The van der Waals surface area contributed by atoms with Gasteiger partial charge in [-0.25, -0.2) is 12.8 Å². The molecule has 1 heterocycles. The van der Waals surface area contributed by atoms with Gasteiger partial charge in [0, 0.05) is 0 Å². The first-order valence-corrected chi connectivity index (χ1v) is 8.49. The van der Waals surface area contributed by atoms with Crippen molar-refractivity contribution in [2.75, 3.05) is 6.61 Å². The Labute approximate surface area is 134 Å². The third kappa shape index (κ3) is 4.41. The second-order valence-electron chi connectivity index (χ2n) is 3.93. The summed E-state index contributed by atoms with van der Waals surface area (Å²) in [6, 6.07) is 8.26. The summed E-state index contributed by atoms with van der Waals surface area (Å²) in [5.41, 5.74) is 1.96. The first-order chi connectivity index (χ1) is 10.4. The highest BCUT2D eigenvalue weighted by atomic mass is 35.5. The maximum Gasteiger partial charge on any atom is 0.272 e. The molecule has 1 aromatic carbocycles. The van der Waals surface area contributed by atoms with E-state index >= 15 is 0 Å². The number of carbonyl (C=O) groups is 1. The Hall–Kier alpha value is -1.68. The number of ether oxygens (including phenoxy) is 1. The van der Waals surface area contributed by atoms with Gasteiger partial charge < -0.3 is 4.74 Å². The lowest BCUT2D eigenvalue weighted by molar-refractivity contribution is -0.123. The fraction of sp³-hybridized carbons (Fsp3) is 0.0833. The summed E-state index contributed by atoms with van der Waals surface area (Å²) in [6.07, 6.45) is 0. The molecule has 6 nitrogen and oxygen atoms in total. The van der Waals surface area contributed by atoms with Gasteiger partial charge in [0.15, 0.2) is 18.2 Å². The molecule has 0 spiro atoms. The lowest BCUT2D eigenvalue weighted by Crippen LogP contribution is -2.43. The number of para-hydroxylation sites is 1. The molecule has 0 saturated carbocycles. The van der Waals surface area contributed by atoms with Gasteiger partial charge in [0.2, 0.25) is 0 Å². The summed E-state index contributed by atoms with van der Waals surface area (Å²) in [5.74, 6) is -1.51. The normalized spacial score (nSPS) is 11.2. The number of hydrogen-bond acceptors (Lipinski definition) is 5. The van der Waals surface area contributed by atoms with E-state index in [4.69, 9.17) is 16.3 Å². The molecule has 0 fully saturated rings. The van der Waals surface area contributed by atoms with E-state index in [0.29, 0.717) is 4.34 Å². The maximum atomic E-state index is 13.3. The SMILES string of the molecule is O=C(COc1ccccc1F)NNS(=O)(=O)c1ccc(Cl)s1. The number of nitrogens with one attached hydrogen (secondary N) is 2. The Morgan fingerprint density at radius 1 is 1.27 bits per heavy atom. The van der Waals surface area contributed by atoms with Gasteiger partial charge in [-0.05, 0) is 24.3 Å². The van der Waals surface area contributed by atoms with Gasteiger partial charge in [0.05, 0.1) is 4.34 Å². The summed E-state index contributed by atoms with van der Waals surface area (Å²) in [4.78, 5) is 13.4. The minimum Gasteiger partial charge on any atom is -0.481 e. The topological polar surface area (TPSA) is 84.5 Å². The number of hydrazine groups is 1. The van der Waals surface area contributed by atoms with Gasteiger partial charge in [-0.3, -0.25) is 10.2 Å². The van der Waals surface area contributed by atoms with E-state index in [1.54, 1.807) is 6.07 Å². The fourth-order valence-electron chi connectivity index (χ4n) is 1.36. The average Bonchev–Trinajstić information content (AvgIpc) is 2.92. The Morgan fingerprint density at radius 2 is 2.00 bits per heavy atom. The van der Waals surface area contributed by atoms with Crippen LogP contribution in [0.15, 0.2) is 40.6 Å². The van der Waals surface area contributed by atoms with Crippen LogP contribution in [0.2, 0.25) is 4.34 Å². The zero-order chi connectivity index (χ0) is 16.2. The van der Waals surface area contributed by atoms with Crippen LogP contribution in [0.5, 0.6) is 5.75 Å². The molecule has 2 aromatic rings. The molecule has 0 bridgehead atoms. The molecule has 10 heteroatoms. The zero-order valence-electron chi connectivity index (χ0n) is 10.9. The minimum atomic E-state index is -3.90. The van der Waals surface area contributed by atoms with Crippen molar-refractivity contribution in [1.82, 2.24) is 10.3 Å². The summed E-state index contributed by atoms with van der Waals surface area (Å²) in [5, 5.41) is 0. The molecule has 1 amide bonds. The van der Waals surface area contributed by atoms with E-state index in [1.165, 1.54) is 30.3 Å². The van der Waals surface area contributed by atoms with Gasteiger partial charge in [0.1, 0.15) is 4.21 Å². The van der Waals surface area contributed by atoms with Crippen molar-refractivity contribution >= 4 is 38.9 Å². The van der Waals surface area contributed by atoms with Gasteiger partial charge >= 0.3 is 0 Å². The number of sulfonamides is 1. The van der Waals surface area contributed by atoms with Crippen molar-refractivity contribution < 1.29 is 22.3 Å². The van der Waals surface area contributed by atoms with Gasteiger partial charge in [-0.2, -0.15) is 0 Å². The molecule has 22 heavy (non-hydrogen) atoms. The lowest BCUT2D eigenvalue weighted by Gasteiger charge is -2.08. The number of hydrogen-bond donors (Lipinski definition) is 2. The van der Waals surface area contributed by atoms with E-state index in [9.17, 15) is 17.6 Å². The van der Waals surface area contributed by atoms with Crippen LogP contribution in [-0.2, 0) is 14.8 Å². The Balaban J connectivity index is 1.87. The molecule has 0 saturated heterocycles. The number of amides is 1. The van der Waals surface area contributed by atoms with Crippen LogP contribution in [0.25, 0.3) is 0 Å². The molecule has 0 aliphatic carbocycles. The molecule has 0 atom stereocenters. The number of rotatable bonds is 6. The first-order valence-electron chi connectivity index (χ1n) is 5.82. The standard InChI is InChI=1S/C12H10ClFN2O4S2/c13-10-5-6-12(21-10)22(18,19)16-15-11(17)7-20-9-4-2-1-3-8(9)14/h1-6,16H,7H2,(H,15,17). The molecular formula is C12H10ClFN2O4S2. The van der Waals surface area contributed by atoms with Crippen LogP contribution in [-0.4, -0.2) is 20.9 Å². The molecule has 1 aromatic heterocycles. The van der Waals surface area contributed by atoms with Crippen LogP contribution in [0.3, 0.4) is 0 Å². The maximum absolute atomic E-state index is 13.3. The molecular weight excluding hydrogens is 355 g/mol. The quantitative estimate of drug-likeness (QED) is 0.767. The molecule has 118 valence electrons. The van der Waals surface area contributed by atoms with Gasteiger partial charge in [-0.15, -0.1) is 16.2 Å². The second-order valence-corrected chi connectivity index (χ2v) is 7.56. The fourth-order valence-corrected chi connectivity index (χ4v) is 3.70. The summed E-state index contributed by atoms with van der Waals surface area (Å²) < 4.78 is 42.1. The van der Waals surface area contributed by atoms with Crippen molar-refractivity contribution in [3.63, 3.8) is 0 Å². The molecule has 0 aliphatic heterocycles. The number of halogens is 2. The number of thiophene rings is 1. The van der Waals surface area contributed by atoms with E-state index < -0.39 is 28.4 Å². The van der Waals surface area contributed by atoms with E-state index in [0.717, 1.165) is 11.3 Å². The van der Waals surface area contributed by atoms with Gasteiger partial charge in [0.25, 0.3) is 15.9 Å². The first kappa shape index (κ1) is 16.7. The van der Waals surface area contributed by atoms with Crippen molar-refractivity contribution in [2.45, 2.75) is 4.21 Å². The number of carbonyl (C=O) groups excluding carboxylic acids is 1. The Bertz CT molecular complexity index is 779. The monoisotopic (exact) mass is 364 g/mol. The third-order valence-electron chi connectivity index (χ3n) is 2.33. The van der Waals surface area contributed by atoms with Crippen molar-refractivity contribution in [1.29, 1.82) is 0 Å².